The van der Waals surface area contributed by atoms with Gasteiger partial charge < -0.3 is 5.32 Å². The van der Waals surface area contributed by atoms with Crippen LogP contribution in [0.5, 0.6) is 0 Å². The van der Waals surface area contributed by atoms with Gasteiger partial charge in [-0.05, 0) is 28.1 Å². The lowest BCUT2D eigenvalue weighted by Crippen LogP contribution is -2.38. The molecular weight excluding hydrogens is 342 g/mol. The zero-order valence-corrected chi connectivity index (χ0v) is 13.7. The van der Waals surface area contributed by atoms with Gasteiger partial charge in [-0.3, -0.25) is 13.9 Å². The van der Waals surface area contributed by atoms with Crippen LogP contribution in [0, 0.1) is 0 Å². The molecule has 2 aromatic rings. The molecule has 0 unspecified atom stereocenters. The SMILES string of the molecule is CNc1ccccc1Sc1c(Br)c(=O)n(C)c(=O)n1C. The molecule has 5 nitrogen and oxygen atoms in total. The summed E-state index contributed by atoms with van der Waals surface area (Å²) in [6, 6.07) is 7.71. The van der Waals surface area contributed by atoms with Gasteiger partial charge in [0, 0.05) is 31.7 Å². The highest BCUT2D eigenvalue weighted by molar-refractivity contribution is 9.10. The highest BCUT2D eigenvalue weighted by Crippen LogP contribution is 2.34. The van der Waals surface area contributed by atoms with Gasteiger partial charge >= 0.3 is 5.69 Å². The third kappa shape index (κ3) is 2.55. The second kappa shape index (κ2) is 5.88. The molecule has 0 amide bonds. The number of hydrogen-bond acceptors (Lipinski definition) is 4. The molecule has 0 saturated carbocycles. The van der Waals surface area contributed by atoms with Crippen LogP contribution in [-0.2, 0) is 14.1 Å². The van der Waals surface area contributed by atoms with Crippen molar-refractivity contribution in [3.05, 3.63) is 49.6 Å². The van der Waals surface area contributed by atoms with Crippen molar-refractivity contribution in [1.82, 2.24) is 9.13 Å². The predicted octanol–water partition coefficient (Wildman–Crippen LogP) is 2.04. The van der Waals surface area contributed by atoms with E-state index in [4.69, 9.17) is 0 Å². The second-order valence-electron chi connectivity index (χ2n) is 4.17. The minimum absolute atomic E-state index is 0.336. The molecule has 0 aliphatic heterocycles. The molecule has 0 spiro atoms. The van der Waals surface area contributed by atoms with Crippen LogP contribution in [0.15, 0.2) is 48.2 Å². The molecule has 7 heteroatoms. The first-order valence-electron chi connectivity index (χ1n) is 5.87. The number of halogens is 1. The Morgan fingerprint density at radius 1 is 1.15 bits per heavy atom. The fraction of sp³-hybridized carbons (Fsp3) is 0.231. The Bertz CT molecular complexity index is 730. The first-order chi connectivity index (χ1) is 9.47. The second-order valence-corrected chi connectivity index (χ2v) is 6.00. The number of nitrogens with one attached hydrogen (secondary N) is 1. The Labute approximate surface area is 128 Å². The third-order valence-electron chi connectivity index (χ3n) is 2.92. The lowest BCUT2D eigenvalue weighted by molar-refractivity contribution is 0.627. The van der Waals surface area contributed by atoms with Gasteiger partial charge in [0.25, 0.3) is 5.56 Å². The van der Waals surface area contributed by atoms with Crippen LogP contribution in [0.1, 0.15) is 0 Å². The Balaban J connectivity index is 2.61. The molecule has 106 valence electrons. The minimum atomic E-state index is -0.345. The minimum Gasteiger partial charge on any atom is -0.387 e. The van der Waals surface area contributed by atoms with Crippen molar-refractivity contribution in [2.24, 2.45) is 14.1 Å². The molecule has 1 heterocycles. The number of nitrogens with zero attached hydrogens (tertiary/aromatic N) is 2. The van der Waals surface area contributed by atoms with E-state index in [9.17, 15) is 9.59 Å². The van der Waals surface area contributed by atoms with Crippen LogP contribution in [-0.4, -0.2) is 16.2 Å². The first kappa shape index (κ1) is 14.9. The fourth-order valence-corrected chi connectivity index (χ4v) is 3.57. The van der Waals surface area contributed by atoms with E-state index < -0.39 is 0 Å². The van der Waals surface area contributed by atoms with E-state index >= 15 is 0 Å². The van der Waals surface area contributed by atoms with Gasteiger partial charge in [-0.2, -0.15) is 0 Å². The molecular formula is C13H14BrN3O2S. The summed E-state index contributed by atoms with van der Waals surface area (Å²) in [6.07, 6.45) is 0. The van der Waals surface area contributed by atoms with Crippen molar-refractivity contribution in [2.75, 3.05) is 12.4 Å². The highest BCUT2D eigenvalue weighted by atomic mass is 79.9. The Hall–Kier alpha value is -1.47. The van der Waals surface area contributed by atoms with Crippen LogP contribution in [0.2, 0.25) is 0 Å². The molecule has 0 aliphatic carbocycles. The van der Waals surface area contributed by atoms with E-state index in [0.717, 1.165) is 15.1 Å². The fourth-order valence-electron chi connectivity index (χ4n) is 1.76. The number of benzene rings is 1. The summed E-state index contributed by atoms with van der Waals surface area (Å²) in [5, 5.41) is 3.67. The molecule has 20 heavy (non-hydrogen) atoms. The van der Waals surface area contributed by atoms with Crippen molar-refractivity contribution in [3.63, 3.8) is 0 Å². The molecule has 2 rings (SSSR count). The number of aromatic nitrogens is 2. The lowest BCUT2D eigenvalue weighted by Gasteiger charge is -2.13. The predicted molar refractivity (Wildman–Crippen MR) is 84.7 cm³/mol. The quantitative estimate of drug-likeness (QED) is 0.856. The van der Waals surface area contributed by atoms with Crippen molar-refractivity contribution in [3.8, 4) is 0 Å². The van der Waals surface area contributed by atoms with Gasteiger partial charge in [-0.15, -0.1) is 0 Å². The van der Waals surface area contributed by atoms with Crippen LogP contribution in [0.25, 0.3) is 0 Å². The molecule has 1 aromatic carbocycles. The van der Waals surface area contributed by atoms with Gasteiger partial charge in [0.2, 0.25) is 0 Å². The monoisotopic (exact) mass is 355 g/mol. The Morgan fingerprint density at radius 2 is 1.80 bits per heavy atom. The molecule has 0 saturated heterocycles. The van der Waals surface area contributed by atoms with Crippen LogP contribution < -0.4 is 16.6 Å². The van der Waals surface area contributed by atoms with Crippen LogP contribution in [0.3, 0.4) is 0 Å². The molecule has 0 bridgehead atoms. The third-order valence-corrected chi connectivity index (χ3v) is 5.15. The Kier molecular flexibility index (Phi) is 4.39. The Morgan fingerprint density at radius 3 is 2.45 bits per heavy atom. The number of para-hydroxylation sites is 1. The van der Waals surface area contributed by atoms with E-state index in [2.05, 4.69) is 21.2 Å². The molecule has 1 aromatic heterocycles. The summed E-state index contributed by atoms with van der Waals surface area (Å²) < 4.78 is 2.93. The summed E-state index contributed by atoms with van der Waals surface area (Å²) in [4.78, 5) is 24.9. The largest absolute Gasteiger partial charge is 0.387 e. The molecule has 0 radical (unpaired) electrons. The average molecular weight is 356 g/mol. The van der Waals surface area contributed by atoms with Crippen molar-refractivity contribution in [1.29, 1.82) is 0 Å². The maximum atomic E-state index is 12.0. The van der Waals surface area contributed by atoms with Gasteiger partial charge in [0.1, 0.15) is 9.50 Å². The smallest absolute Gasteiger partial charge is 0.331 e. The standard InChI is InChI=1S/C13H14BrN3O2S/c1-15-8-6-4-5-7-9(8)20-12-10(14)11(18)16(2)13(19)17(12)3/h4-7,15H,1-3H3. The van der Waals surface area contributed by atoms with Gasteiger partial charge in [-0.1, -0.05) is 23.9 Å². The number of rotatable bonds is 3. The highest BCUT2D eigenvalue weighted by Gasteiger charge is 2.15. The van der Waals surface area contributed by atoms with E-state index in [0.29, 0.717) is 9.50 Å². The van der Waals surface area contributed by atoms with E-state index in [1.165, 1.54) is 23.4 Å². The number of hydrogen-bond donors (Lipinski definition) is 1. The number of anilines is 1. The summed E-state index contributed by atoms with van der Waals surface area (Å²) >= 11 is 4.66. The zero-order valence-electron chi connectivity index (χ0n) is 11.3. The van der Waals surface area contributed by atoms with Gasteiger partial charge in [-0.25, -0.2) is 4.79 Å². The van der Waals surface area contributed by atoms with Crippen LogP contribution in [0.4, 0.5) is 5.69 Å². The summed E-state index contributed by atoms with van der Waals surface area (Å²) in [5.74, 6) is 0. The lowest BCUT2D eigenvalue weighted by atomic mass is 10.3. The maximum Gasteiger partial charge on any atom is 0.331 e. The van der Waals surface area contributed by atoms with Crippen molar-refractivity contribution < 1.29 is 0 Å². The van der Waals surface area contributed by atoms with E-state index in [1.54, 1.807) is 7.05 Å². The van der Waals surface area contributed by atoms with E-state index in [1.807, 2.05) is 31.3 Å². The van der Waals surface area contributed by atoms with Gasteiger partial charge in [0.05, 0.1) is 0 Å². The van der Waals surface area contributed by atoms with Crippen molar-refractivity contribution >= 4 is 33.4 Å². The average Bonchev–Trinajstić information content (AvgIpc) is 2.48. The van der Waals surface area contributed by atoms with Gasteiger partial charge in [0.15, 0.2) is 0 Å². The van der Waals surface area contributed by atoms with Crippen LogP contribution >= 0.6 is 27.7 Å². The summed E-state index contributed by atoms with van der Waals surface area (Å²) in [5.41, 5.74) is 0.262. The summed E-state index contributed by atoms with van der Waals surface area (Å²) in [7, 11) is 4.94. The van der Waals surface area contributed by atoms with E-state index in [-0.39, 0.29) is 11.2 Å². The first-order valence-corrected chi connectivity index (χ1v) is 7.48. The normalized spacial score (nSPS) is 10.6. The molecule has 0 atom stereocenters. The molecule has 0 aliphatic rings. The maximum absolute atomic E-state index is 12.0. The molecule has 0 fully saturated rings. The zero-order chi connectivity index (χ0) is 14.9. The topological polar surface area (TPSA) is 56.0 Å². The molecule has 1 N–H and O–H groups in total. The van der Waals surface area contributed by atoms with Crippen molar-refractivity contribution in [2.45, 2.75) is 9.92 Å². The summed E-state index contributed by atoms with van der Waals surface area (Å²) in [6.45, 7) is 0.